The van der Waals surface area contributed by atoms with Crippen molar-refractivity contribution in [1.82, 2.24) is 19.8 Å². The molecule has 4 rings (SSSR count). The molecule has 1 aliphatic carbocycles. The van der Waals surface area contributed by atoms with Gasteiger partial charge in [-0.3, -0.25) is 0 Å². The van der Waals surface area contributed by atoms with Crippen LogP contribution in [0.2, 0.25) is 5.02 Å². The van der Waals surface area contributed by atoms with E-state index in [-0.39, 0.29) is 0 Å². The van der Waals surface area contributed by atoms with E-state index >= 15 is 0 Å². The molecule has 1 N–H and O–H groups in total. The van der Waals surface area contributed by atoms with Crippen molar-refractivity contribution in [1.29, 1.82) is 5.26 Å². The van der Waals surface area contributed by atoms with Gasteiger partial charge in [-0.05, 0) is 61.3 Å². The number of nitriles is 1. The van der Waals surface area contributed by atoms with E-state index in [1.165, 1.54) is 29.7 Å². The quantitative estimate of drug-likeness (QED) is 0.675. The predicted octanol–water partition coefficient (Wildman–Crippen LogP) is 4.85. The summed E-state index contributed by atoms with van der Waals surface area (Å²) in [5.74, 6) is 0.620. The number of hydrogen-bond donors (Lipinski definition) is 1. The molecule has 0 saturated carbocycles. The van der Waals surface area contributed by atoms with Crippen molar-refractivity contribution in [2.24, 2.45) is 5.92 Å². The summed E-state index contributed by atoms with van der Waals surface area (Å²) in [6.45, 7) is 3.57. The number of hydrogen-bond acceptors (Lipinski definition) is 4. The first-order valence-electron chi connectivity index (χ1n) is 11.0. The molecule has 1 saturated heterocycles. The molecule has 6 heteroatoms. The largest absolute Gasteiger partial charge is 0.333 e. The summed E-state index contributed by atoms with van der Waals surface area (Å²) < 4.78 is 2.29. The molecule has 2 aromatic rings. The number of allylic oxidation sites excluding steroid dienone is 1. The van der Waals surface area contributed by atoms with Crippen LogP contribution in [0.4, 0.5) is 0 Å². The molecule has 0 amide bonds. The van der Waals surface area contributed by atoms with Gasteiger partial charge in [0.05, 0.1) is 12.0 Å². The monoisotopic (exact) mass is 423 g/mol. The number of piperidine rings is 1. The van der Waals surface area contributed by atoms with Crippen LogP contribution in [0.3, 0.4) is 0 Å². The summed E-state index contributed by atoms with van der Waals surface area (Å²) in [7, 11) is 0. The average Bonchev–Trinajstić information content (AvgIpc) is 3.06. The fourth-order valence-electron chi connectivity index (χ4n) is 4.57. The van der Waals surface area contributed by atoms with E-state index < -0.39 is 0 Å². The molecule has 1 atom stereocenters. The Kier molecular flexibility index (Phi) is 7.09. The van der Waals surface area contributed by atoms with E-state index in [1.807, 2.05) is 29.6 Å². The van der Waals surface area contributed by atoms with Crippen LogP contribution in [0.5, 0.6) is 0 Å². The minimum Gasteiger partial charge on any atom is -0.333 e. The maximum Gasteiger partial charge on any atom is 0.179 e. The van der Waals surface area contributed by atoms with Crippen LogP contribution in [0.15, 0.2) is 42.9 Å². The highest BCUT2D eigenvalue weighted by molar-refractivity contribution is 6.30. The van der Waals surface area contributed by atoms with Gasteiger partial charge in [-0.1, -0.05) is 36.2 Å². The van der Waals surface area contributed by atoms with Gasteiger partial charge in [-0.25, -0.2) is 4.98 Å². The lowest BCUT2D eigenvalue weighted by Gasteiger charge is -2.28. The molecule has 1 fully saturated rings. The van der Waals surface area contributed by atoms with Crippen LogP contribution in [0, 0.1) is 17.4 Å². The van der Waals surface area contributed by atoms with E-state index in [2.05, 4.69) is 39.3 Å². The van der Waals surface area contributed by atoms with Gasteiger partial charge in [0.15, 0.2) is 6.19 Å². The molecule has 1 aliphatic heterocycles. The summed E-state index contributed by atoms with van der Waals surface area (Å²) >= 11 is 6.21. The Bertz CT molecular complexity index is 904. The number of imidazole rings is 1. The van der Waals surface area contributed by atoms with Crippen molar-refractivity contribution >= 4 is 17.2 Å². The third kappa shape index (κ3) is 5.44. The van der Waals surface area contributed by atoms with E-state index in [4.69, 9.17) is 16.9 Å². The van der Waals surface area contributed by atoms with Crippen molar-refractivity contribution < 1.29 is 0 Å². The van der Waals surface area contributed by atoms with Crippen molar-refractivity contribution in [3.63, 3.8) is 0 Å². The second kappa shape index (κ2) is 10.1. The molecule has 1 aromatic carbocycles. The molecule has 1 unspecified atom stereocenters. The van der Waals surface area contributed by atoms with E-state index in [9.17, 15) is 0 Å². The maximum absolute atomic E-state index is 9.04. The zero-order chi connectivity index (χ0) is 20.8. The molecule has 2 aliphatic rings. The third-order valence-electron chi connectivity index (χ3n) is 6.36. The SMILES string of the molecule is N#CN1CCC(Cn2cncc2CNC2C=C(c3cccc(Cl)c3)CCCC2)CC1. The molecule has 0 spiro atoms. The van der Waals surface area contributed by atoms with Gasteiger partial charge in [0, 0.05) is 43.4 Å². The smallest absolute Gasteiger partial charge is 0.179 e. The summed E-state index contributed by atoms with van der Waals surface area (Å²) in [4.78, 5) is 6.27. The first-order valence-corrected chi connectivity index (χ1v) is 11.4. The number of benzene rings is 1. The fraction of sp³-hybridized carbons (Fsp3) is 0.500. The predicted molar refractivity (Wildman–Crippen MR) is 121 cm³/mol. The van der Waals surface area contributed by atoms with Crippen LogP contribution in [0.1, 0.15) is 49.8 Å². The second-order valence-electron chi connectivity index (χ2n) is 8.50. The van der Waals surface area contributed by atoms with Crippen LogP contribution >= 0.6 is 11.6 Å². The van der Waals surface area contributed by atoms with Gasteiger partial charge < -0.3 is 14.8 Å². The number of aromatic nitrogens is 2. The van der Waals surface area contributed by atoms with Crippen LogP contribution in [0.25, 0.3) is 5.57 Å². The van der Waals surface area contributed by atoms with Crippen molar-refractivity contribution in [3.8, 4) is 6.19 Å². The zero-order valence-corrected chi connectivity index (χ0v) is 18.2. The number of nitrogens with one attached hydrogen (secondary N) is 1. The first kappa shape index (κ1) is 21.0. The average molecular weight is 424 g/mol. The molecule has 30 heavy (non-hydrogen) atoms. The van der Waals surface area contributed by atoms with Crippen LogP contribution < -0.4 is 5.32 Å². The highest BCUT2D eigenvalue weighted by Gasteiger charge is 2.20. The Morgan fingerprint density at radius 1 is 1.20 bits per heavy atom. The molecule has 0 bridgehead atoms. The summed E-state index contributed by atoms with van der Waals surface area (Å²) in [6.07, 6.45) is 15.5. The maximum atomic E-state index is 9.04. The van der Waals surface area contributed by atoms with E-state index in [0.717, 1.165) is 56.9 Å². The second-order valence-corrected chi connectivity index (χ2v) is 8.94. The Morgan fingerprint density at radius 2 is 2.07 bits per heavy atom. The minimum absolute atomic E-state index is 0.365. The lowest BCUT2D eigenvalue weighted by Crippen LogP contribution is -2.32. The molecular formula is C24H30ClN5. The fourth-order valence-corrected chi connectivity index (χ4v) is 4.76. The summed E-state index contributed by atoms with van der Waals surface area (Å²) in [5.41, 5.74) is 3.87. The van der Waals surface area contributed by atoms with Gasteiger partial charge in [0.25, 0.3) is 0 Å². The number of likely N-dealkylation sites (tertiary alicyclic amines) is 1. The highest BCUT2D eigenvalue weighted by atomic mass is 35.5. The Hall–Kier alpha value is -2.29. The normalized spacial score (nSPS) is 20.5. The first-order chi connectivity index (χ1) is 14.7. The Balaban J connectivity index is 1.37. The van der Waals surface area contributed by atoms with E-state index in [1.54, 1.807) is 0 Å². The van der Waals surface area contributed by atoms with Gasteiger partial charge in [-0.15, -0.1) is 0 Å². The number of nitrogens with zero attached hydrogens (tertiary/aromatic N) is 4. The molecule has 1 aromatic heterocycles. The number of rotatable bonds is 6. The van der Waals surface area contributed by atoms with E-state index in [0.29, 0.717) is 12.0 Å². The lowest BCUT2D eigenvalue weighted by molar-refractivity contribution is 0.232. The minimum atomic E-state index is 0.365. The molecule has 2 heterocycles. The van der Waals surface area contributed by atoms with Crippen LogP contribution in [-0.4, -0.2) is 33.6 Å². The van der Waals surface area contributed by atoms with Crippen molar-refractivity contribution in [2.75, 3.05) is 13.1 Å². The van der Waals surface area contributed by atoms with Crippen LogP contribution in [-0.2, 0) is 13.1 Å². The third-order valence-corrected chi connectivity index (χ3v) is 6.60. The molecule has 158 valence electrons. The van der Waals surface area contributed by atoms with Gasteiger partial charge in [-0.2, -0.15) is 5.26 Å². The Labute approximate surface area is 184 Å². The Morgan fingerprint density at radius 3 is 2.87 bits per heavy atom. The zero-order valence-electron chi connectivity index (χ0n) is 17.4. The molecule has 0 radical (unpaired) electrons. The molecular weight excluding hydrogens is 394 g/mol. The summed E-state index contributed by atoms with van der Waals surface area (Å²) in [6, 6.07) is 8.56. The highest BCUT2D eigenvalue weighted by Crippen LogP contribution is 2.28. The topological polar surface area (TPSA) is 56.9 Å². The number of halogens is 1. The van der Waals surface area contributed by atoms with Crippen molar-refractivity contribution in [2.45, 2.75) is 57.7 Å². The lowest BCUT2D eigenvalue weighted by atomic mass is 9.97. The van der Waals surface area contributed by atoms with Gasteiger partial charge >= 0.3 is 0 Å². The standard InChI is InChI=1S/C24H30ClN5/c25-22-6-3-5-20(12-22)21-4-1-2-7-23(13-21)28-15-24-14-27-18-30(24)16-19-8-10-29(17-26)11-9-19/h3,5-6,12-14,18-19,23,28H,1-2,4,7-11,15-16H2. The molecule has 5 nitrogen and oxygen atoms in total. The summed E-state index contributed by atoms with van der Waals surface area (Å²) in [5, 5.41) is 13.6. The van der Waals surface area contributed by atoms with Gasteiger partial charge in [0.2, 0.25) is 0 Å². The van der Waals surface area contributed by atoms with Crippen molar-refractivity contribution in [3.05, 3.63) is 59.1 Å². The van der Waals surface area contributed by atoms with Gasteiger partial charge in [0.1, 0.15) is 0 Å².